The summed E-state index contributed by atoms with van der Waals surface area (Å²) < 4.78 is 0. The van der Waals surface area contributed by atoms with Crippen molar-refractivity contribution in [1.29, 1.82) is 0 Å². The first kappa shape index (κ1) is 24.3. The molecule has 0 radical (unpaired) electrons. The molecule has 0 saturated heterocycles. The number of hydrogen-bond acceptors (Lipinski definition) is 4. The summed E-state index contributed by atoms with van der Waals surface area (Å²) in [4.78, 5) is 4.43. The summed E-state index contributed by atoms with van der Waals surface area (Å²) in [6.07, 6.45) is 22.8. The fourth-order valence-corrected chi connectivity index (χ4v) is 3.90. The van der Waals surface area contributed by atoms with Crippen LogP contribution in [0, 0.1) is 0 Å². The second kappa shape index (κ2) is 18.6. The fraction of sp³-hybridized carbons (Fsp3) is 0.957. The smallest absolute Gasteiger partial charge is 0.191 e. The van der Waals surface area contributed by atoms with Gasteiger partial charge in [0, 0.05) is 19.2 Å². The summed E-state index contributed by atoms with van der Waals surface area (Å²) >= 11 is 0. The van der Waals surface area contributed by atoms with E-state index in [1.54, 1.807) is 0 Å². The van der Waals surface area contributed by atoms with E-state index in [0.29, 0.717) is 6.04 Å². The van der Waals surface area contributed by atoms with Crippen molar-refractivity contribution in [3.63, 3.8) is 0 Å². The Labute approximate surface area is 169 Å². The Balaban J connectivity index is 1.88. The van der Waals surface area contributed by atoms with Crippen LogP contribution < -0.4 is 10.6 Å². The van der Waals surface area contributed by atoms with Crippen LogP contribution in [0.15, 0.2) is 4.99 Å². The molecule has 0 aromatic heterocycles. The van der Waals surface area contributed by atoms with E-state index in [2.05, 4.69) is 22.5 Å². The van der Waals surface area contributed by atoms with Gasteiger partial charge in [0.15, 0.2) is 5.96 Å². The highest BCUT2D eigenvalue weighted by molar-refractivity contribution is 5.81. The van der Waals surface area contributed by atoms with Crippen LogP contribution in [-0.4, -0.2) is 36.8 Å². The Morgan fingerprint density at radius 2 is 1.33 bits per heavy atom. The van der Waals surface area contributed by atoms with E-state index in [-0.39, 0.29) is 6.61 Å². The highest BCUT2D eigenvalue weighted by atomic mass is 16.2. The summed E-state index contributed by atoms with van der Waals surface area (Å²) in [6, 6.07) is 0.457. The topological polar surface area (TPSA) is 56.6 Å². The molecule has 0 aromatic carbocycles. The van der Waals surface area contributed by atoms with Gasteiger partial charge in [0.1, 0.15) is 0 Å². The molecule has 4 nitrogen and oxygen atoms in total. The molecule has 1 aliphatic rings. The third-order valence-electron chi connectivity index (χ3n) is 5.63. The van der Waals surface area contributed by atoms with Gasteiger partial charge in [-0.25, -0.2) is 0 Å². The van der Waals surface area contributed by atoms with Gasteiger partial charge in [-0.1, -0.05) is 96.8 Å². The Bertz CT molecular complexity index is 347. The SMILES string of the molecule is CCCCCCCCCCCCCCCCC(CCCO)NC1=NCCN1. The molecule has 27 heavy (non-hydrogen) atoms. The van der Waals surface area contributed by atoms with E-state index in [0.717, 1.165) is 31.9 Å². The summed E-state index contributed by atoms with van der Waals surface area (Å²) in [5.41, 5.74) is 0. The van der Waals surface area contributed by atoms with Gasteiger partial charge in [-0.3, -0.25) is 4.99 Å². The van der Waals surface area contributed by atoms with Crippen molar-refractivity contribution in [2.75, 3.05) is 19.7 Å². The lowest BCUT2D eigenvalue weighted by atomic mass is 10.0. The molecule has 160 valence electrons. The van der Waals surface area contributed by atoms with Gasteiger partial charge in [0.2, 0.25) is 0 Å². The second-order valence-corrected chi connectivity index (χ2v) is 8.25. The van der Waals surface area contributed by atoms with Crippen LogP contribution in [0.3, 0.4) is 0 Å². The highest BCUT2D eigenvalue weighted by Crippen LogP contribution is 2.14. The molecule has 3 N–H and O–H groups in total. The minimum absolute atomic E-state index is 0.289. The monoisotopic (exact) mass is 381 g/mol. The fourth-order valence-electron chi connectivity index (χ4n) is 3.90. The van der Waals surface area contributed by atoms with Crippen LogP contribution in [0.5, 0.6) is 0 Å². The second-order valence-electron chi connectivity index (χ2n) is 8.25. The number of unbranched alkanes of at least 4 members (excludes halogenated alkanes) is 13. The van der Waals surface area contributed by atoms with Crippen molar-refractivity contribution < 1.29 is 5.11 Å². The van der Waals surface area contributed by atoms with Crippen molar-refractivity contribution in [2.24, 2.45) is 4.99 Å². The van der Waals surface area contributed by atoms with Crippen LogP contribution in [0.25, 0.3) is 0 Å². The predicted octanol–water partition coefficient (Wildman–Crippen LogP) is 5.55. The molecule has 1 heterocycles. The Morgan fingerprint density at radius 1 is 0.815 bits per heavy atom. The minimum atomic E-state index is 0.289. The van der Waals surface area contributed by atoms with Crippen LogP contribution in [-0.2, 0) is 0 Å². The van der Waals surface area contributed by atoms with E-state index in [1.807, 2.05) is 0 Å². The molecule has 0 aromatic rings. The largest absolute Gasteiger partial charge is 0.396 e. The standard InChI is InChI=1S/C23H47N3O/c1-2-3-4-5-6-7-8-9-10-11-12-13-14-15-17-22(18-16-21-27)26-23-24-19-20-25-23/h22,27H,2-21H2,1H3,(H2,24,25,26). The molecule has 1 rings (SSSR count). The minimum Gasteiger partial charge on any atom is -0.396 e. The predicted molar refractivity (Wildman–Crippen MR) is 118 cm³/mol. The first-order valence-corrected chi connectivity index (χ1v) is 12.0. The number of aliphatic imine (C=N–C) groups is 1. The molecular formula is C23H47N3O. The van der Waals surface area contributed by atoms with Crippen molar-refractivity contribution in [2.45, 2.75) is 122 Å². The number of guanidine groups is 1. The average molecular weight is 382 g/mol. The van der Waals surface area contributed by atoms with Crippen molar-refractivity contribution in [3.05, 3.63) is 0 Å². The zero-order valence-corrected chi connectivity index (χ0v) is 18.1. The zero-order chi connectivity index (χ0) is 19.4. The molecule has 1 aliphatic heterocycles. The zero-order valence-electron chi connectivity index (χ0n) is 18.1. The van der Waals surface area contributed by atoms with Gasteiger partial charge >= 0.3 is 0 Å². The average Bonchev–Trinajstić information content (AvgIpc) is 3.19. The lowest BCUT2D eigenvalue weighted by Gasteiger charge is -2.19. The van der Waals surface area contributed by atoms with Gasteiger partial charge in [-0.2, -0.15) is 0 Å². The van der Waals surface area contributed by atoms with Crippen molar-refractivity contribution >= 4 is 5.96 Å². The van der Waals surface area contributed by atoms with Crippen molar-refractivity contribution in [1.82, 2.24) is 10.6 Å². The molecule has 0 saturated carbocycles. The molecule has 0 aliphatic carbocycles. The number of nitrogens with zero attached hydrogens (tertiary/aromatic N) is 1. The van der Waals surface area contributed by atoms with Gasteiger partial charge in [0.05, 0.1) is 6.54 Å². The van der Waals surface area contributed by atoms with E-state index < -0.39 is 0 Å². The van der Waals surface area contributed by atoms with E-state index in [9.17, 15) is 0 Å². The van der Waals surface area contributed by atoms with Crippen LogP contribution in [0.2, 0.25) is 0 Å². The van der Waals surface area contributed by atoms with Crippen LogP contribution in [0.1, 0.15) is 116 Å². The summed E-state index contributed by atoms with van der Waals surface area (Å²) in [6.45, 7) is 4.41. The molecular weight excluding hydrogens is 334 g/mol. The summed E-state index contributed by atoms with van der Waals surface area (Å²) in [5, 5.41) is 15.9. The normalized spacial score (nSPS) is 14.8. The summed E-state index contributed by atoms with van der Waals surface area (Å²) in [5.74, 6) is 0.961. The van der Waals surface area contributed by atoms with Crippen molar-refractivity contribution in [3.8, 4) is 0 Å². The maximum atomic E-state index is 9.10. The molecule has 0 spiro atoms. The van der Waals surface area contributed by atoms with Gasteiger partial charge in [-0.15, -0.1) is 0 Å². The quantitative estimate of drug-likeness (QED) is 0.257. The number of nitrogens with one attached hydrogen (secondary N) is 2. The lowest BCUT2D eigenvalue weighted by Crippen LogP contribution is -2.41. The molecule has 0 amide bonds. The number of aliphatic hydroxyl groups excluding tert-OH is 1. The van der Waals surface area contributed by atoms with Gasteiger partial charge < -0.3 is 15.7 Å². The number of hydrogen-bond donors (Lipinski definition) is 3. The van der Waals surface area contributed by atoms with Crippen LogP contribution in [0.4, 0.5) is 0 Å². The van der Waals surface area contributed by atoms with E-state index in [1.165, 1.54) is 96.3 Å². The first-order chi connectivity index (χ1) is 13.4. The van der Waals surface area contributed by atoms with E-state index >= 15 is 0 Å². The number of aliphatic hydroxyl groups is 1. The Hall–Kier alpha value is -0.770. The molecule has 1 atom stereocenters. The molecule has 4 heteroatoms. The molecule has 1 unspecified atom stereocenters. The Morgan fingerprint density at radius 3 is 1.81 bits per heavy atom. The highest BCUT2D eigenvalue weighted by Gasteiger charge is 2.12. The first-order valence-electron chi connectivity index (χ1n) is 12.0. The maximum Gasteiger partial charge on any atom is 0.191 e. The third kappa shape index (κ3) is 14.9. The maximum absolute atomic E-state index is 9.10. The third-order valence-corrected chi connectivity index (χ3v) is 5.63. The number of rotatable bonds is 19. The van der Waals surface area contributed by atoms with Gasteiger partial charge in [0.25, 0.3) is 0 Å². The van der Waals surface area contributed by atoms with Gasteiger partial charge in [-0.05, 0) is 19.3 Å². The lowest BCUT2D eigenvalue weighted by molar-refractivity contribution is 0.275. The van der Waals surface area contributed by atoms with Crippen LogP contribution >= 0.6 is 0 Å². The van der Waals surface area contributed by atoms with E-state index in [4.69, 9.17) is 5.11 Å². The summed E-state index contributed by atoms with van der Waals surface area (Å²) in [7, 11) is 0. The Kier molecular flexibility index (Phi) is 16.7. The molecule has 0 bridgehead atoms. The molecule has 0 fully saturated rings.